The highest BCUT2D eigenvalue weighted by atomic mass is 16.7. The quantitative estimate of drug-likeness (QED) is 0.633. The number of nitrogens with zero attached hydrogens (tertiary/aromatic N) is 1. The van der Waals surface area contributed by atoms with Crippen LogP contribution in [0.15, 0.2) is 24.3 Å². The van der Waals surface area contributed by atoms with Crippen LogP contribution in [-0.2, 0) is 20.8 Å². The molecule has 1 saturated heterocycles. The molecule has 1 fully saturated rings. The summed E-state index contributed by atoms with van der Waals surface area (Å²) in [6.45, 7) is 5.49. The van der Waals surface area contributed by atoms with Crippen LogP contribution in [0.3, 0.4) is 0 Å². The summed E-state index contributed by atoms with van der Waals surface area (Å²) in [5.74, 6) is -1.17. The van der Waals surface area contributed by atoms with E-state index in [0.717, 1.165) is 38.0 Å². The van der Waals surface area contributed by atoms with Crippen molar-refractivity contribution >= 4 is 11.9 Å². The molecule has 0 bridgehead atoms. The molecule has 0 amide bonds. The lowest BCUT2D eigenvalue weighted by molar-refractivity contribution is -0.155. The molecule has 0 radical (unpaired) electrons. The molecule has 0 atom stereocenters. The number of piperidine rings is 1. The number of hydrogen-bond donors (Lipinski definition) is 1. The molecular weight excluding hydrogens is 310 g/mol. The van der Waals surface area contributed by atoms with Crippen LogP contribution in [0, 0.1) is 5.92 Å². The number of esters is 2. The van der Waals surface area contributed by atoms with Crippen molar-refractivity contribution in [2.75, 3.05) is 19.9 Å². The molecule has 1 N–H and O–H groups in total. The van der Waals surface area contributed by atoms with E-state index in [4.69, 9.17) is 9.47 Å². The highest BCUT2D eigenvalue weighted by Gasteiger charge is 2.17. The first-order valence-electron chi connectivity index (χ1n) is 8.29. The molecule has 0 unspecified atom stereocenters. The van der Waals surface area contributed by atoms with Crippen molar-refractivity contribution < 1.29 is 24.2 Å². The second-order valence-electron chi connectivity index (χ2n) is 6.38. The summed E-state index contributed by atoms with van der Waals surface area (Å²) in [5.41, 5.74) is 1.45. The van der Waals surface area contributed by atoms with Gasteiger partial charge in [-0.25, -0.2) is 4.79 Å². The van der Waals surface area contributed by atoms with Gasteiger partial charge in [-0.3, -0.25) is 9.69 Å². The van der Waals surface area contributed by atoms with Crippen LogP contribution in [0.5, 0.6) is 0 Å². The topological polar surface area (TPSA) is 76.1 Å². The molecule has 1 aromatic rings. The minimum Gasteiger partial charge on any atom is -0.428 e. The molecule has 0 spiro atoms. The Labute approximate surface area is 142 Å². The highest BCUT2D eigenvalue weighted by Crippen LogP contribution is 2.15. The van der Waals surface area contributed by atoms with E-state index < -0.39 is 11.9 Å². The molecule has 0 aliphatic carbocycles. The largest absolute Gasteiger partial charge is 0.428 e. The first kappa shape index (κ1) is 18.4. The van der Waals surface area contributed by atoms with E-state index in [0.29, 0.717) is 5.56 Å². The Kier molecular flexibility index (Phi) is 6.75. The van der Waals surface area contributed by atoms with Crippen molar-refractivity contribution in [3.8, 4) is 0 Å². The number of ether oxygens (including phenoxy) is 2. The van der Waals surface area contributed by atoms with Crippen molar-refractivity contribution in [1.29, 1.82) is 0 Å². The number of benzene rings is 1. The zero-order valence-electron chi connectivity index (χ0n) is 14.2. The van der Waals surface area contributed by atoms with Gasteiger partial charge < -0.3 is 14.6 Å². The van der Waals surface area contributed by atoms with Gasteiger partial charge >= 0.3 is 11.9 Å². The number of aliphatic hydroxyl groups is 1. The Balaban J connectivity index is 1.85. The number of aliphatic hydroxyl groups excluding tert-OH is 1. The maximum atomic E-state index is 12.0. The molecule has 6 nitrogen and oxygen atoms in total. The second-order valence-corrected chi connectivity index (χ2v) is 6.38. The van der Waals surface area contributed by atoms with E-state index in [1.807, 2.05) is 12.1 Å². The monoisotopic (exact) mass is 335 g/mol. The maximum absolute atomic E-state index is 12.0. The fraction of sp³-hybridized carbons (Fsp3) is 0.556. The molecule has 1 heterocycles. The average molecular weight is 335 g/mol. The highest BCUT2D eigenvalue weighted by molar-refractivity contribution is 5.89. The number of hydrogen-bond acceptors (Lipinski definition) is 6. The van der Waals surface area contributed by atoms with Gasteiger partial charge in [0, 0.05) is 19.6 Å². The molecule has 1 aliphatic heterocycles. The number of likely N-dealkylation sites (tertiary alicyclic amines) is 1. The number of carbonyl (C=O) groups is 2. The molecule has 24 heavy (non-hydrogen) atoms. The summed E-state index contributed by atoms with van der Waals surface area (Å²) in [6, 6.07) is 7.24. The third-order valence-corrected chi connectivity index (χ3v) is 3.99. The Morgan fingerprint density at radius 3 is 2.62 bits per heavy atom. The molecular formula is C18H25NO5. The van der Waals surface area contributed by atoms with E-state index in [1.54, 1.807) is 26.0 Å². The third-order valence-electron chi connectivity index (χ3n) is 3.99. The van der Waals surface area contributed by atoms with Gasteiger partial charge in [-0.2, -0.15) is 0 Å². The van der Waals surface area contributed by atoms with Crippen LogP contribution in [0.2, 0.25) is 0 Å². The zero-order valence-corrected chi connectivity index (χ0v) is 14.2. The van der Waals surface area contributed by atoms with E-state index >= 15 is 0 Å². The predicted molar refractivity (Wildman–Crippen MR) is 88.2 cm³/mol. The Morgan fingerprint density at radius 2 is 1.96 bits per heavy atom. The van der Waals surface area contributed by atoms with E-state index in [2.05, 4.69) is 4.90 Å². The van der Waals surface area contributed by atoms with Gasteiger partial charge in [-0.15, -0.1) is 0 Å². The summed E-state index contributed by atoms with van der Waals surface area (Å²) in [4.78, 5) is 25.6. The fourth-order valence-corrected chi connectivity index (χ4v) is 2.52. The van der Waals surface area contributed by atoms with Crippen LogP contribution in [-0.4, -0.2) is 47.9 Å². The lowest BCUT2D eigenvalue weighted by Gasteiger charge is -2.29. The van der Waals surface area contributed by atoms with Crippen LogP contribution in [0.4, 0.5) is 0 Å². The van der Waals surface area contributed by atoms with Gasteiger partial charge in [0.05, 0.1) is 17.6 Å². The number of rotatable bonds is 6. The van der Waals surface area contributed by atoms with E-state index in [-0.39, 0.29) is 18.8 Å². The normalized spacial score (nSPS) is 16.2. The summed E-state index contributed by atoms with van der Waals surface area (Å²) in [7, 11) is 0. The molecule has 2 rings (SSSR count). The molecule has 0 saturated carbocycles. The second kappa shape index (κ2) is 8.80. The Hall–Kier alpha value is -1.92. The van der Waals surface area contributed by atoms with Gasteiger partial charge in [0.1, 0.15) is 0 Å². The van der Waals surface area contributed by atoms with Crippen molar-refractivity contribution in [3.05, 3.63) is 35.4 Å². The molecule has 1 aromatic carbocycles. The van der Waals surface area contributed by atoms with Crippen molar-refractivity contribution in [3.63, 3.8) is 0 Å². The lowest BCUT2D eigenvalue weighted by Crippen LogP contribution is -2.35. The van der Waals surface area contributed by atoms with Gasteiger partial charge in [-0.05, 0) is 30.5 Å². The Bertz CT molecular complexity index is 564. The van der Waals surface area contributed by atoms with Crippen molar-refractivity contribution in [2.24, 2.45) is 5.92 Å². The SMILES string of the molecule is CC(C)C(=O)OCOC(=O)c1cccc(CN2CCC(O)CC2)c1. The van der Waals surface area contributed by atoms with Gasteiger partial charge in [0.15, 0.2) is 0 Å². The first-order chi connectivity index (χ1) is 11.5. The van der Waals surface area contributed by atoms with E-state index in [1.165, 1.54) is 0 Å². The van der Waals surface area contributed by atoms with Gasteiger partial charge in [0.25, 0.3) is 0 Å². The molecule has 1 aliphatic rings. The minimum atomic E-state index is -0.512. The third kappa shape index (κ3) is 5.62. The fourth-order valence-electron chi connectivity index (χ4n) is 2.52. The zero-order chi connectivity index (χ0) is 17.5. The lowest BCUT2D eigenvalue weighted by atomic mass is 10.1. The van der Waals surface area contributed by atoms with Gasteiger partial charge in [0.2, 0.25) is 6.79 Å². The van der Waals surface area contributed by atoms with Crippen molar-refractivity contribution in [2.45, 2.75) is 39.3 Å². The van der Waals surface area contributed by atoms with Crippen LogP contribution < -0.4 is 0 Å². The molecule has 6 heteroatoms. The molecule has 132 valence electrons. The van der Waals surface area contributed by atoms with Gasteiger partial charge in [-0.1, -0.05) is 26.0 Å². The average Bonchev–Trinajstić information content (AvgIpc) is 2.57. The Morgan fingerprint density at radius 1 is 1.25 bits per heavy atom. The summed E-state index contributed by atoms with van der Waals surface area (Å²) in [6.07, 6.45) is 1.36. The first-order valence-corrected chi connectivity index (χ1v) is 8.29. The number of carbonyl (C=O) groups excluding carboxylic acids is 2. The minimum absolute atomic E-state index is 0.198. The van der Waals surface area contributed by atoms with Crippen LogP contribution in [0.25, 0.3) is 0 Å². The predicted octanol–water partition coefficient (Wildman–Crippen LogP) is 1.96. The van der Waals surface area contributed by atoms with Crippen molar-refractivity contribution in [1.82, 2.24) is 4.90 Å². The maximum Gasteiger partial charge on any atom is 0.341 e. The summed E-state index contributed by atoms with van der Waals surface area (Å²) < 4.78 is 9.82. The van der Waals surface area contributed by atoms with Crippen LogP contribution in [0.1, 0.15) is 42.6 Å². The molecule has 0 aromatic heterocycles. The summed E-state index contributed by atoms with van der Waals surface area (Å²) in [5, 5.41) is 9.54. The van der Waals surface area contributed by atoms with Crippen LogP contribution >= 0.6 is 0 Å². The van der Waals surface area contributed by atoms with E-state index in [9.17, 15) is 14.7 Å². The smallest absolute Gasteiger partial charge is 0.341 e. The standard InChI is InChI=1S/C18H25NO5/c1-13(2)17(21)23-12-24-18(22)15-5-3-4-14(10-15)11-19-8-6-16(20)7-9-19/h3-5,10,13,16,20H,6-9,11-12H2,1-2H3. The summed E-state index contributed by atoms with van der Waals surface area (Å²) >= 11 is 0.